The molecule has 1 heterocycles. The van der Waals surface area contributed by atoms with Gasteiger partial charge in [-0.1, -0.05) is 6.92 Å². The van der Waals surface area contributed by atoms with E-state index < -0.39 is 11.7 Å². The van der Waals surface area contributed by atoms with E-state index in [4.69, 9.17) is 4.84 Å². The highest BCUT2D eigenvalue weighted by Gasteiger charge is 2.32. The first-order chi connectivity index (χ1) is 8.95. The van der Waals surface area contributed by atoms with Crippen LogP contribution in [-0.2, 0) is 11.0 Å². The summed E-state index contributed by atoms with van der Waals surface area (Å²) in [7, 11) is 1.43. The van der Waals surface area contributed by atoms with Crippen molar-refractivity contribution in [2.75, 3.05) is 12.4 Å². The molecule has 0 saturated heterocycles. The monoisotopic (exact) mass is 272 g/mol. The lowest BCUT2D eigenvalue weighted by Gasteiger charge is -2.26. The van der Waals surface area contributed by atoms with Gasteiger partial charge in [-0.2, -0.15) is 13.2 Å². The third kappa shape index (κ3) is 2.84. The average Bonchev–Trinajstić information content (AvgIpc) is 2.37. The molecule has 0 unspecified atom stereocenters. The van der Waals surface area contributed by atoms with Crippen LogP contribution in [0.15, 0.2) is 24.3 Å². The highest BCUT2D eigenvalue weighted by atomic mass is 19.4. The topological polar surface area (TPSA) is 33.3 Å². The fourth-order valence-electron chi connectivity index (χ4n) is 2.02. The number of hydroxylamine groups is 1. The summed E-state index contributed by atoms with van der Waals surface area (Å²) >= 11 is 0. The van der Waals surface area contributed by atoms with E-state index in [-0.39, 0.29) is 6.04 Å². The van der Waals surface area contributed by atoms with Crippen LogP contribution >= 0.6 is 0 Å². The normalized spacial score (nSPS) is 18.4. The Bertz CT molecular complexity index is 497. The predicted molar refractivity (Wildman–Crippen MR) is 67.3 cm³/mol. The zero-order valence-electron chi connectivity index (χ0n) is 10.6. The number of nitrogens with one attached hydrogen (secondary N) is 2. The van der Waals surface area contributed by atoms with Gasteiger partial charge >= 0.3 is 6.18 Å². The first kappa shape index (κ1) is 13.7. The van der Waals surface area contributed by atoms with Gasteiger partial charge in [-0.25, -0.2) is 0 Å². The summed E-state index contributed by atoms with van der Waals surface area (Å²) in [5.74, 6) is 0. The average molecular weight is 272 g/mol. The van der Waals surface area contributed by atoms with E-state index in [1.54, 1.807) is 0 Å². The molecule has 6 heteroatoms. The smallest absolute Gasteiger partial charge is 0.378 e. The summed E-state index contributed by atoms with van der Waals surface area (Å²) < 4.78 is 38.2. The Kier molecular flexibility index (Phi) is 3.71. The number of fused-ring (bicyclic) bond motifs is 1. The molecular weight excluding hydrogens is 257 g/mol. The van der Waals surface area contributed by atoms with E-state index in [0.29, 0.717) is 16.9 Å². The molecule has 1 aliphatic heterocycles. The molecule has 2 rings (SSSR count). The van der Waals surface area contributed by atoms with Crippen molar-refractivity contribution in [2.24, 2.45) is 0 Å². The van der Waals surface area contributed by atoms with Crippen molar-refractivity contribution in [3.63, 3.8) is 0 Å². The summed E-state index contributed by atoms with van der Waals surface area (Å²) in [4.78, 5) is 4.83. The zero-order valence-corrected chi connectivity index (χ0v) is 10.6. The molecule has 1 aliphatic rings. The Morgan fingerprint density at radius 1 is 1.37 bits per heavy atom. The molecule has 3 nitrogen and oxygen atoms in total. The Balaban J connectivity index is 2.45. The van der Waals surface area contributed by atoms with E-state index >= 15 is 0 Å². The Labute approximate surface area is 109 Å². The van der Waals surface area contributed by atoms with Gasteiger partial charge in [0.1, 0.15) is 0 Å². The molecule has 0 amide bonds. The van der Waals surface area contributed by atoms with E-state index in [1.807, 2.05) is 13.0 Å². The lowest BCUT2D eigenvalue weighted by molar-refractivity contribution is -0.137. The number of benzene rings is 1. The van der Waals surface area contributed by atoms with Crippen LogP contribution in [-0.4, -0.2) is 13.2 Å². The van der Waals surface area contributed by atoms with Crippen LogP contribution in [0.2, 0.25) is 0 Å². The quantitative estimate of drug-likeness (QED) is 0.827. The summed E-state index contributed by atoms with van der Waals surface area (Å²) in [6.45, 7) is 1.99. The molecule has 0 radical (unpaired) electrons. The van der Waals surface area contributed by atoms with Gasteiger partial charge in [0.2, 0.25) is 0 Å². The molecule has 0 fully saturated rings. The molecule has 1 aromatic rings. The van der Waals surface area contributed by atoms with Crippen LogP contribution in [0.3, 0.4) is 0 Å². The number of hydrogen-bond donors (Lipinski definition) is 2. The Morgan fingerprint density at radius 3 is 2.68 bits per heavy atom. The highest BCUT2D eigenvalue weighted by molar-refractivity contribution is 5.79. The van der Waals surface area contributed by atoms with Crippen molar-refractivity contribution in [1.29, 1.82) is 0 Å². The maximum absolute atomic E-state index is 12.7. The van der Waals surface area contributed by atoms with Gasteiger partial charge in [0, 0.05) is 17.3 Å². The minimum absolute atomic E-state index is 0.0712. The van der Waals surface area contributed by atoms with Gasteiger partial charge in [-0.05, 0) is 30.7 Å². The molecule has 0 aromatic heterocycles. The van der Waals surface area contributed by atoms with Crippen molar-refractivity contribution in [3.8, 4) is 0 Å². The van der Waals surface area contributed by atoms with Crippen molar-refractivity contribution >= 4 is 11.4 Å². The first-order valence-electron chi connectivity index (χ1n) is 5.94. The van der Waals surface area contributed by atoms with Crippen molar-refractivity contribution in [3.05, 3.63) is 35.4 Å². The number of alkyl halides is 3. The van der Waals surface area contributed by atoms with Gasteiger partial charge < -0.3 is 5.32 Å². The molecule has 1 atom stereocenters. The van der Waals surface area contributed by atoms with Crippen LogP contribution in [0.5, 0.6) is 0 Å². The Morgan fingerprint density at radius 2 is 2.11 bits per heavy atom. The minimum Gasteiger partial charge on any atom is -0.378 e. The van der Waals surface area contributed by atoms with Crippen molar-refractivity contribution in [2.45, 2.75) is 25.6 Å². The SMILES string of the molecule is CC[C@@H]1C=C(NOC)c2cc(C(F)(F)F)ccc2N1. The second kappa shape index (κ2) is 5.13. The molecule has 0 spiro atoms. The van der Waals surface area contributed by atoms with Crippen LogP contribution in [0.1, 0.15) is 24.5 Å². The number of hydrogen-bond acceptors (Lipinski definition) is 3. The van der Waals surface area contributed by atoms with Crippen LogP contribution in [0.4, 0.5) is 18.9 Å². The lowest BCUT2D eigenvalue weighted by Crippen LogP contribution is -2.25. The fourth-order valence-corrected chi connectivity index (χ4v) is 2.02. The van der Waals surface area contributed by atoms with Crippen LogP contribution in [0, 0.1) is 0 Å². The van der Waals surface area contributed by atoms with E-state index in [9.17, 15) is 13.2 Å². The number of halogens is 3. The highest BCUT2D eigenvalue weighted by Crippen LogP contribution is 2.36. The summed E-state index contributed by atoms with van der Waals surface area (Å²) in [5.41, 5.74) is 3.64. The maximum Gasteiger partial charge on any atom is 0.416 e. The van der Waals surface area contributed by atoms with Gasteiger partial charge in [-0.3, -0.25) is 10.3 Å². The van der Waals surface area contributed by atoms with Gasteiger partial charge in [0.15, 0.2) is 0 Å². The zero-order chi connectivity index (χ0) is 14.0. The number of rotatable bonds is 3. The molecule has 19 heavy (non-hydrogen) atoms. The standard InChI is InChI=1S/C13H15F3N2O/c1-3-9-7-12(18-19-2)10-6-8(13(14,15)16)4-5-11(10)17-9/h4-7,9,17-18H,3H2,1-2H3/t9-/m1/s1. The third-order valence-electron chi connectivity index (χ3n) is 3.00. The maximum atomic E-state index is 12.7. The van der Waals surface area contributed by atoms with E-state index in [1.165, 1.54) is 13.2 Å². The first-order valence-corrected chi connectivity index (χ1v) is 5.94. The van der Waals surface area contributed by atoms with E-state index in [0.717, 1.165) is 18.6 Å². The van der Waals surface area contributed by atoms with Gasteiger partial charge in [0.05, 0.1) is 18.4 Å². The summed E-state index contributed by atoms with van der Waals surface area (Å²) in [6, 6.07) is 3.72. The summed E-state index contributed by atoms with van der Waals surface area (Å²) in [5, 5.41) is 3.17. The van der Waals surface area contributed by atoms with E-state index in [2.05, 4.69) is 10.8 Å². The largest absolute Gasteiger partial charge is 0.416 e. The molecule has 104 valence electrons. The molecule has 0 saturated carbocycles. The van der Waals surface area contributed by atoms with Crippen LogP contribution < -0.4 is 10.8 Å². The minimum atomic E-state index is -4.35. The second-order valence-electron chi connectivity index (χ2n) is 4.30. The molecule has 0 bridgehead atoms. The Hall–Kier alpha value is -1.69. The third-order valence-corrected chi connectivity index (χ3v) is 3.00. The van der Waals surface area contributed by atoms with Gasteiger partial charge in [0.25, 0.3) is 0 Å². The molecule has 0 aliphatic carbocycles. The van der Waals surface area contributed by atoms with Crippen LogP contribution in [0.25, 0.3) is 5.70 Å². The molecule has 2 N–H and O–H groups in total. The predicted octanol–water partition coefficient (Wildman–Crippen LogP) is 3.40. The molecular formula is C13H15F3N2O. The lowest BCUT2D eigenvalue weighted by atomic mass is 9.99. The van der Waals surface area contributed by atoms with Crippen molar-refractivity contribution < 1.29 is 18.0 Å². The molecule has 1 aromatic carbocycles. The van der Waals surface area contributed by atoms with Crippen molar-refractivity contribution in [1.82, 2.24) is 5.48 Å². The fraction of sp³-hybridized carbons (Fsp3) is 0.385. The summed E-state index contributed by atoms with van der Waals surface area (Å²) in [6.07, 6.45) is -1.70. The second-order valence-corrected chi connectivity index (χ2v) is 4.30. The van der Waals surface area contributed by atoms with Gasteiger partial charge in [-0.15, -0.1) is 0 Å². The number of anilines is 1.